The number of carbonyl (C=O) groups is 1. The van der Waals surface area contributed by atoms with E-state index in [0.717, 1.165) is 12.1 Å². The number of rotatable bonds is 6. The zero-order valence-electron chi connectivity index (χ0n) is 15.5. The van der Waals surface area contributed by atoms with Crippen LogP contribution in [0.1, 0.15) is 23.2 Å². The number of nitrogens with zero attached hydrogens (tertiary/aromatic N) is 2. The van der Waals surface area contributed by atoms with Gasteiger partial charge in [0.1, 0.15) is 10.8 Å². The molecule has 150 valence electrons. The number of piperidine rings is 1. The molecule has 0 bridgehead atoms. The van der Waals surface area contributed by atoms with Crippen molar-refractivity contribution < 1.29 is 17.6 Å². The molecular formula is C19H22FN3O3S2. The Morgan fingerprint density at radius 2 is 1.93 bits per heavy atom. The standard InChI is InChI=1S/C19H22FN3O3S2/c1-27-18-17(3-2-10-21-18)19(24)23-11-8-14(9-12-23)13-22-28(25,26)16-6-4-15(20)5-7-16/h2-7,10,14,22H,8-9,11-13H2,1H3. The van der Waals surface area contributed by atoms with Crippen LogP contribution >= 0.6 is 11.8 Å². The van der Waals surface area contributed by atoms with Crippen LogP contribution in [0.3, 0.4) is 0 Å². The van der Waals surface area contributed by atoms with Crippen molar-refractivity contribution in [2.45, 2.75) is 22.8 Å². The topological polar surface area (TPSA) is 79.4 Å². The van der Waals surface area contributed by atoms with Crippen LogP contribution in [0.15, 0.2) is 52.5 Å². The molecule has 0 spiro atoms. The van der Waals surface area contributed by atoms with Crippen molar-refractivity contribution in [2.24, 2.45) is 5.92 Å². The van der Waals surface area contributed by atoms with Gasteiger partial charge in [0.15, 0.2) is 0 Å². The van der Waals surface area contributed by atoms with E-state index < -0.39 is 15.8 Å². The van der Waals surface area contributed by atoms with Crippen LogP contribution < -0.4 is 4.72 Å². The van der Waals surface area contributed by atoms with Gasteiger partial charge in [0.25, 0.3) is 5.91 Å². The summed E-state index contributed by atoms with van der Waals surface area (Å²) in [6, 6.07) is 8.28. The second kappa shape index (κ2) is 9.02. The van der Waals surface area contributed by atoms with Gasteiger partial charge in [-0.2, -0.15) is 0 Å². The summed E-state index contributed by atoms with van der Waals surface area (Å²) in [5.41, 5.74) is 0.602. The molecule has 0 unspecified atom stereocenters. The summed E-state index contributed by atoms with van der Waals surface area (Å²) in [4.78, 5) is 18.8. The molecule has 0 aliphatic carbocycles. The van der Waals surface area contributed by atoms with Gasteiger partial charge < -0.3 is 4.90 Å². The normalized spacial score (nSPS) is 15.6. The number of pyridine rings is 1. The Morgan fingerprint density at radius 1 is 1.25 bits per heavy atom. The molecule has 28 heavy (non-hydrogen) atoms. The lowest BCUT2D eigenvalue weighted by molar-refractivity contribution is 0.0687. The number of amides is 1. The number of hydrogen-bond acceptors (Lipinski definition) is 5. The molecule has 1 aliphatic rings. The summed E-state index contributed by atoms with van der Waals surface area (Å²) in [6.07, 6.45) is 4.99. The van der Waals surface area contributed by atoms with E-state index in [1.54, 1.807) is 23.2 Å². The van der Waals surface area contributed by atoms with Gasteiger partial charge in [0, 0.05) is 25.8 Å². The quantitative estimate of drug-likeness (QED) is 0.723. The molecule has 0 saturated carbocycles. The van der Waals surface area contributed by atoms with Crippen molar-refractivity contribution in [3.05, 3.63) is 54.0 Å². The molecule has 1 aliphatic heterocycles. The number of nitrogens with one attached hydrogen (secondary N) is 1. The largest absolute Gasteiger partial charge is 0.339 e. The van der Waals surface area contributed by atoms with Crippen LogP contribution in [0.4, 0.5) is 4.39 Å². The van der Waals surface area contributed by atoms with Crippen molar-refractivity contribution in [3.8, 4) is 0 Å². The highest BCUT2D eigenvalue weighted by molar-refractivity contribution is 7.98. The van der Waals surface area contributed by atoms with Crippen LogP contribution in [-0.4, -0.2) is 50.1 Å². The van der Waals surface area contributed by atoms with Crippen molar-refractivity contribution in [3.63, 3.8) is 0 Å². The van der Waals surface area contributed by atoms with E-state index in [1.165, 1.54) is 23.9 Å². The van der Waals surface area contributed by atoms with Gasteiger partial charge in [0.2, 0.25) is 10.0 Å². The molecule has 0 atom stereocenters. The van der Waals surface area contributed by atoms with Crippen LogP contribution in [0, 0.1) is 11.7 Å². The number of sulfonamides is 1. The van der Waals surface area contributed by atoms with Gasteiger partial charge in [-0.25, -0.2) is 22.5 Å². The third kappa shape index (κ3) is 4.89. The number of thioether (sulfide) groups is 1. The Labute approximate surface area is 168 Å². The number of halogens is 1. The van der Waals surface area contributed by atoms with Gasteiger partial charge in [-0.15, -0.1) is 11.8 Å². The van der Waals surface area contributed by atoms with Crippen molar-refractivity contribution in [1.29, 1.82) is 0 Å². The minimum Gasteiger partial charge on any atom is -0.339 e. The molecule has 1 aromatic carbocycles. The average Bonchev–Trinajstić information content (AvgIpc) is 2.72. The smallest absolute Gasteiger partial charge is 0.256 e. The molecule has 2 aromatic rings. The molecule has 9 heteroatoms. The van der Waals surface area contributed by atoms with Gasteiger partial charge in [0.05, 0.1) is 10.5 Å². The third-order valence-electron chi connectivity index (χ3n) is 4.78. The van der Waals surface area contributed by atoms with Gasteiger partial charge >= 0.3 is 0 Å². The summed E-state index contributed by atoms with van der Waals surface area (Å²) in [5.74, 6) is -0.370. The lowest BCUT2D eigenvalue weighted by Gasteiger charge is -2.32. The van der Waals surface area contributed by atoms with E-state index in [9.17, 15) is 17.6 Å². The summed E-state index contributed by atoms with van der Waals surface area (Å²) < 4.78 is 40.2. The van der Waals surface area contributed by atoms with E-state index in [2.05, 4.69) is 9.71 Å². The highest BCUT2D eigenvalue weighted by atomic mass is 32.2. The molecule has 1 aromatic heterocycles. The van der Waals surface area contributed by atoms with Gasteiger partial charge in [-0.05, 0) is 61.4 Å². The van der Waals surface area contributed by atoms with E-state index in [4.69, 9.17) is 0 Å². The number of carbonyl (C=O) groups excluding carboxylic acids is 1. The maximum atomic E-state index is 13.0. The molecule has 2 heterocycles. The van der Waals surface area contributed by atoms with Crippen LogP contribution in [0.25, 0.3) is 0 Å². The second-order valence-electron chi connectivity index (χ2n) is 6.60. The van der Waals surface area contributed by atoms with E-state index in [0.29, 0.717) is 43.1 Å². The molecule has 3 rings (SSSR count). The lowest BCUT2D eigenvalue weighted by atomic mass is 9.97. The number of aromatic nitrogens is 1. The fourth-order valence-electron chi connectivity index (χ4n) is 3.15. The maximum Gasteiger partial charge on any atom is 0.256 e. The van der Waals surface area contributed by atoms with E-state index in [-0.39, 0.29) is 16.7 Å². The Hall–Kier alpha value is -1.97. The first-order chi connectivity index (χ1) is 13.4. The van der Waals surface area contributed by atoms with Crippen molar-refractivity contribution in [1.82, 2.24) is 14.6 Å². The number of likely N-dealkylation sites (tertiary alicyclic amines) is 1. The summed E-state index contributed by atoms with van der Waals surface area (Å²) in [5, 5.41) is 0.710. The van der Waals surface area contributed by atoms with Crippen LogP contribution in [0.5, 0.6) is 0 Å². The Kier molecular flexibility index (Phi) is 6.69. The van der Waals surface area contributed by atoms with Crippen LogP contribution in [0.2, 0.25) is 0 Å². The summed E-state index contributed by atoms with van der Waals surface area (Å²) >= 11 is 1.44. The zero-order chi connectivity index (χ0) is 20.1. The van der Waals surface area contributed by atoms with Gasteiger partial charge in [-0.1, -0.05) is 0 Å². The lowest BCUT2D eigenvalue weighted by Crippen LogP contribution is -2.41. The van der Waals surface area contributed by atoms with Crippen LogP contribution in [-0.2, 0) is 10.0 Å². The first-order valence-electron chi connectivity index (χ1n) is 8.94. The summed E-state index contributed by atoms with van der Waals surface area (Å²) in [7, 11) is -3.67. The molecule has 0 radical (unpaired) electrons. The fraction of sp³-hybridized carbons (Fsp3) is 0.368. The molecule has 6 nitrogen and oxygen atoms in total. The maximum absolute atomic E-state index is 13.0. The molecule has 1 fully saturated rings. The first kappa shape index (κ1) is 20.8. The van der Waals surface area contributed by atoms with E-state index in [1.807, 2.05) is 6.26 Å². The summed E-state index contributed by atoms with van der Waals surface area (Å²) in [6.45, 7) is 1.44. The molecular weight excluding hydrogens is 401 g/mol. The van der Waals surface area contributed by atoms with E-state index >= 15 is 0 Å². The first-order valence-corrected chi connectivity index (χ1v) is 11.6. The van der Waals surface area contributed by atoms with Gasteiger partial charge in [-0.3, -0.25) is 4.79 Å². The second-order valence-corrected chi connectivity index (χ2v) is 9.16. The predicted molar refractivity (Wildman–Crippen MR) is 106 cm³/mol. The van der Waals surface area contributed by atoms with Crippen molar-refractivity contribution in [2.75, 3.05) is 25.9 Å². The van der Waals surface area contributed by atoms with Crippen molar-refractivity contribution >= 4 is 27.7 Å². The molecule has 1 N–H and O–H groups in total. The number of benzene rings is 1. The zero-order valence-corrected chi connectivity index (χ0v) is 17.1. The average molecular weight is 424 g/mol. The minimum absolute atomic E-state index is 0.0391. The highest BCUT2D eigenvalue weighted by Gasteiger charge is 2.26. The Balaban J connectivity index is 1.54. The Bertz CT molecular complexity index is 928. The molecule has 1 saturated heterocycles. The predicted octanol–water partition coefficient (Wildman–Crippen LogP) is 2.77. The Morgan fingerprint density at radius 3 is 2.57 bits per heavy atom. The number of hydrogen-bond donors (Lipinski definition) is 1. The molecule has 1 amide bonds. The fourth-order valence-corrected chi connectivity index (χ4v) is 4.81. The third-order valence-corrected chi connectivity index (χ3v) is 6.93. The highest BCUT2D eigenvalue weighted by Crippen LogP contribution is 2.23. The minimum atomic E-state index is -3.67. The SMILES string of the molecule is CSc1ncccc1C(=O)N1CCC(CNS(=O)(=O)c2ccc(F)cc2)CC1. The monoisotopic (exact) mass is 423 g/mol.